The van der Waals surface area contributed by atoms with Gasteiger partial charge < -0.3 is 0 Å². The van der Waals surface area contributed by atoms with Gasteiger partial charge in [0.05, 0.1) is 5.54 Å². The number of aromatic nitrogens is 4. The molecular formula is C11H12N4O. The quantitative estimate of drug-likeness (QED) is 0.811. The van der Waals surface area contributed by atoms with E-state index in [1.807, 2.05) is 30.3 Å². The smallest absolute Gasteiger partial charge is 0.244 e. The van der Waals surface area contributed by atoms with Gasteiger partial charge in [-0.25, -0.2) is 9.89 Å². The first-order valence-corrected chi connectivity index (χ1v) is 5.39. The second-order valence-corrected chi connectivity index (χ2v) is 4.17. The third-order valence-electron chi connectivity index (χ3n) is 3.37. The van der Waals surface area contributed by atoms with Crippen molar-refractivity contribution in [3.63, 3.8) is 0 Å². The molecule has 5 heteroatoms. The predicted octanol–water partition coefficient (Wildman–Crippen LogP) is 0.894. The van der Waals surface area contributed by atoms with Crippen molar-refractivity contribution in [2.24, 2.45) is 0 Å². The number of hydrogen-bond donors (Lipinski definition) is 1. The molecule has 16 heavy (non-hydrogen) atoms. The molecule has 0 amide bonds. The molecule has 1 fully saturated rings. The van der Waals surface area contributed by atoms with Gasteiger partial charge in [-0.05, 0) is 35.3 Å². The number of aromatic amines is 1. The standard InChI is InChI=1S/C11H12N4O/c16-10-12-13-14-15(10)11(7-4-8-11)9-5-2-1-3-6-9/h1-3,5-6H,4,7-8H2,(H,12,14,16). The highest BCUT2D eigenvalue weighted by atomic mass is 16.2. The Morgan fingerprint density at radius 3 is 2.50 bits per heavy atom. The van der Waals surface area contributed by atoms with Gasteiger partial charge >= 0.3 is 5.69 Å². The maximum atomic E-state index is 11.6. The van der Waals surface area contributed by atoms with E-state index in [0.29, 0.717) is 0 Å². The average Bonchev–Trinajstić information content (AvgIpc) is 2.66. The fourth-order valence-corrected chi connectivity index (χ4v) is 2.36. The van der Waals surface area contributed by atoms with E-state index in [2.05, 4.69) is 15.5 Å². The highest BCUT2D eigenvalue weighted by molar-refractivity contribution is 5.27. The second kappa shape index (κ2) is 3.30. The SMILES string of the molecule is O=c1[nH]nnn1C1(c2ccccc2)CCC1. The summed E-state index contributed by atoms with van der Waals surface area (Å²) in [7, 11) is 0. The van der Waals surface area contributed by atoms with Gasteiger partial charge in [-0.1, -0.05) is 30.3 Å². The van der Waals surface area contributed by atoms with Gasteiger partial charge in [0, 0.05) is 0 Å². The number of nitrogens with zero attached hydrogens (tertiary/aromatic N) is 3. The first-order chi connectivity index (χ1) is 7.83. The van der Waals surface area contributed by atoms with E-state index in [0.717, 1.165) is 24.8 Å². The lowest BCUT2D eigenvalue weighted by Crippen LogP contribution is -2.47. The van der Waals surface area contributed by atoms with Crippen molar-refractivity contribution in [3.05, 3.63) is 46.4 Å². The maximum Gasteiger partial charge on any atom is 0.361 e. The van der Waals surface area contributed by atoms with Crippen molar-refractivity contribution in [1.82, 2.24) is 20.2 Å². The third kappa shape index (κ3) is 1.14. The van der Waals surface area contributed by atoms with Crippen molar-refractivity contribution in [3.8, 4) is 0 Å². The molecule has 0 radical (unpaired) electrons. The van der Waals surface area contributed by atoms with Crippen LogP contribution >= 0.6 is 0 Å². The van der Waals surface area contributed by atoms with Crippen LogP contribution in [0.5, 0.6) is 0 Å². The Morgan fingerprint density at radius 2 is 2.00 bits per heavy atom. The minimum Gasteiger partial charge on any atom is -0.244 e. The summed E-state index contributed by atoms with van der Waals surface area (Å²) in [5.74, 6) is 0. The van der Waals surface area contributed by atoms with Crippen LogP contribution < -0.4 is 5.69 Å². The van der Waals surface area contributed by atoms with E-state index >= 15 is 0 Å². The minimum atomic E-state index is -0.272. The number of H-pyrrole nitrogens is 1. The summed E-state index contributed by atoms with van der Waals surface area (Å²) >= 11 is 0. The van der Waals surface area contributed by atoms with Crippen LogP contribution in [0.1, 0.15) is 24.8 Å². The topological polar surface area (TPSA) is 63.6 Å². The van der Waals surface area contributed by atoms with E-state index in [-0.39, 0.29) is 11.2 Å². The second-order valence-electron chi connectivity index (χ2n) is 4.17. The van der Waals surface area contributed by atoms with Gasteiger partial charge in [0.25, 0.3) is 0 Å². The van der Waals surface area contributed by atoms with E-state index in [9.17, 15) is 4.79 Å². The van der Waals surface area contributed by atoms with Crippen molar-refractivity contribution in [2.45, 2.75) is 24.8 Å². The highest BCUT2D eigenvalue weighted by Crippen LogP contribution is 2.43. The Labute approximate surface area is 92.1 Å². The zero-order valence-corrected chi connectivity index (χ0v) is 8.76. The van der Waals surface area contributed by atoms with Gasteiger partial charge in [0.2, 0.25) is 0 Å². The average molecular weight is 216 g/mol. The fraction of sp³-hybridized carbons (Fsp3) is 0.364. The molecule has 2 aromatic rings. The van der Waals surface area contributed by atoms with Crippen molar-refractivity contribution in [2.75, 3.05) is 0 Å². The molecule has 1 saturated carbocycles. The summed E-state index contributed by atoms with van der Waals surface area (Å²) in [6, 6.07) is 10.0. The fourth-order valence-electron chi connectivity index (χ4n) is 2.36. The van der Waals surface area contributed by atoms with E-state index in [1.165, 1.54) is 4.68 Å². The number of hydrogen-bond acceptors (Lipinski definition) is 3. The highest BCUT2D eigenvalue weighted by Gasteiger charge is 2.42. The molecule has 0 saturated heterocycles. The van der Waals surface area contributed by atoms with Crippen LogP contribution in [0.25, 0.3) is 0 Å². The van der Waals surface area contributed by atoms with Gasteiger partial charge in [0.15, 0.2) is 0 Å². The summed E-state index contributed by atoms with van der Waals surface area (Å²) in [4.78, 5) is 11.6. The molecular weight excluding hydrogens is 204 g/mol. The largest absolute Gasteiger partial charge is 0.361 e. The Bertz CT molecular complexity index is 538. The summed E-state index contributed by atoms with van der Waals surface area (Å²) < 4.78 is 1.48. The van der Waals surface area contributed by atoms with Crippen molar-refractivity contribution >= 4 is 0 Å². The Hall–Kier alpha value is -1.91. The van der Waals surface area contributed by atoms with Crippen molar-refractivity contribution < 1.29 is 0 Å². The maximum absolute atomic E-state index is 11.6. The normalized spacial score (nSPS) is 18.0. The molecule has 1 aromatic carbocycles. The van der Waals surface area contributed by atoms with Crippen molar-refractivity contribution in [1.29, 1.82) is 0 Å². The monoisotopic (exact) mass is 216 g/mol. The van der Waals surface area contributed by atoms with Crippen LogP contribution in [0.4, 0.5) is 0 Å². The molecule has 1 heterocycles. The number of nitrogens with one attached hydrogen (secondary N) is 1. The van der Waals surface area contributed by atoms with E-state index in [1.54, 1.807) is 0 Å². The molecule has 0 bridgehead atoms. The van der Waals surface area contributed by atoms with Crippen LogP contribution in [0.2, 0.25) is 0 Å². The molecule has 1 N–H and O–H groups in total. The molecule has 0 spiro atoms. The molecule has 1 aliphatic rings. The summed E-state index contributed by atoms with van der Waals surface area (Å²) in [6.45, 7) is 0. The minimum absolute atomic E-state index is 0.233. The van der Waals surface area contributed by atoms with E-state index < -0.39 is 0 Å². The van der Waals surface area contributed by atoms with Crippen LogP contribution in [0.15, 0.2) is 35.1 Å². The first-order valence-electron chi connectivity index (χ1n) is 5.39. The summed E-state index contributed by atoms with van der Waals surface area (Å²) in [5, 5.41) is 9.81. The molecule has 0 aliphatic heterocycles. The molecule has 0 atom stereocenters. The lowest BCUT2D eigenvalue weighted by atomic mass is 9.72. The lowest BCUT2D eigenvalue weighted by Gasteiger charge is -2.41. The molecule has 0 unspecified atom stereocenters. The summed E-state index contributed by atoms with van der Waals surface area (Å²) in [5.41, 5.74) is 0.631. The van der Waals surface area contributed by atoms with Crippen LogP contribution in [0, 0.1) is 0 Å². The van der Waals surface area contributed by atoms with Gasteiger partial charge in [-0.15, -0.1) is 0 Å². The van der Waals surface area contributed by atoms with Crippen LogP contribution in [-0.4, -0.2) is 20.2 Å². The molecule has 82 valence electrons. The molecule has 3 rings (SSSR count). The number of tetrazole rings is 1. The Balaban J connectivity index is 2.15. The Morgan fingerprint density at radius 1 is 1.25 bits per heavy atom. The third-order valence-corrected chi connectivity index (χ3v) is 3.37. The van der Waals surface area contributed by atoms with Gasteiger partial charge in [-0.2, -0.15) is 4.68 Å². The Kier molecular flexibility index (Phi) is 1.92. The molecule has 1 aliphatic carbocycles. The molecule has 1 aromatic heterocycles. The first kappa shape index (κ1) is 9.33. The predicted molar refractivity (Wildman–Crippen MR) is 58.0 cm³/mol. The van der Waals surface area contributed by atoms with Gasteiger partial charge in [-0.3, -0.25) is 0 Å². The zero-order valence-electron chi connectivity index (χ0n) is 8.76. The summed E-state index contributed by atoms with van der Waals surface area (Å²) in [6.07, 6.45) is 3.01. The lowest BCUT2D eigenvalue weighted by molar-refractivity contribution is 0.168. The number of rotatable bonds is 2. The molecule has 5 nitrogen and oxygen atoms in total. The van der Waals surface area contributed by atoms with Crippen LogP contribution in [0.3, 0.4) is 0 Å². The van der Waals surface area contributed by atoms with Gasteiger partial charge in [0.1, 0.15) is 0 Å². The zero-order chi connectivity index (χ0) is 11.0. The van der Waals surface area contributed by atoms with Crippen LogP contribution in [-0.2, 0) is 5.54 Å². The number of benzene rings is 1. The van der Waals surface area contributed by atoms with E-state index in [4.69, 9.17) is 0 Å².